The van der Waals surface area contributed by atoms with E-state index in [0.717, 1.165) is 30.4 Å². The van der Waals surface area contributed by atoms with Gasteiger partial charge in [-0.1, -0.05) is 49.1 Å². The number of guanidine groups is 1. The Morgan fingerprint density at radius 3 is 2.44 bits per heavy atom. The van der Waals surface area contributed by atoms with Crippen LogP contribution >= 0.6 is 0 Å². The van der Waals surface area contributed by atoms with E-state index in [9.17, 15) is 19.2 Å². The van der Waals surface area contributed by atoms with Crippen molar-refractivity contribution in [2.45, 2.75) is 83.2 Å². The number of rotatable bonds is 10. The van der Waals surface area contributed by atoms with Crippen molar-refractivity contribution >= 4 is 29.6 Å². The topological polar surface area (TPSA) is 163 Å². The van der Waals surface area contributed by atoms with Gasteiger partial charge in [0.05, 0.1) is 6.54 Å². The van der Waals surface area contributed by atoms with Gasteiger partial charge in [0, 0.05) is 33.1 Å². The van der Waals surface area contributed by atoms with Crippen LogP contribution in [0.25, 0.3) is 0 Å². The maximum absolute atomic E-state index is 13.9. The lowest BCUT2D eigenvalue weighted by atomic mass is 9.80. The molecular formula is C30H47N7O4. The molecule has 2 aliphatic rings. The summed E-state index contributed by atoms with van der Waals surface area (Å²) in [7, 11) is 1.66. The Labute approximate surface area is 243 Å². The van der Waals surface area contributed by atoms with E-state index in [4.69, 9.17) is 11.5 Å². The minimum atomic E-state index is -0.777. The van der Waals surface area contributed by atoms with Gasteiger partial charge in [-0.25, -0.2) is 0 Å². The number of nitrogens with two attached hydrogens (primary N) is 2. The predicted octanol–water partition coefficient (Wildman–Crippen LogP) is 1.22. The van der Waals surface area contributed by atoms with Crippen LogP contribution in [-0.4, -0.2) is 84.7 Å². The molecule has 1 aromatic carbocycles. The van der Waals surface area contributed by atoms with Gasteiger partial charge in [-0.3, -0.25) is 24.2 Å². The normalized spacial score (nSPS) is 21.5. The lowest BCUT2D eigenvalue weighted by molar-refractivity contribution is -0.145. The summed E-state index contributed by atoms with van der Waals surface area (Å²) in [4.78, 5) is 60.5. The molecule has 6 N–H and O–H groups in total. The van der Waals surface area contributed by atoms with Gasteiger partial charge in [0.2, 0.25) is 23.6 Å². The summed E-state index contributed by atoms with van der Waals surface area (Å²) in [5.41, 5.74) is 13.0. The summed E-state index contributed by atoms with van der Waals surface area (Å²) in [6.07, 6.45) is 6.69. The fourth-order valence-corrected chi connectivity index (χ4v) is 5.21. The minimum absolute atomic E-state index is 0.0139. The zero-order valence-corrected chi connectivity index (χ0v) is 24.6. The Morgan fingerprint density at radius 1 is 1.05 bits per heavy atom. The van der Waals surface area contributed by atoms with Crippen LogP contribution in [0.2, 0.25) is 0 Å². The molecule has 1 aliphatic carbocycles. The van der Waals surface area contributed by atoms with Gasteiger partial charge in [-0.15, -0.1) is 0 Å². The molecule has 1 saturated carbocycles. The first-order valence-electron chi connectivity index (χ1n) is 14.9. The van der Waals surface area contributed by atoms with Crippen molar-refractivity contribution < 1.29 is 19.2 Å². The zero-order chi connectivity index (χ0) is 29.8. The number of amides is 4. The predicted molar refractivity (Wildman–Crippen MR) is 159 cm³/mol. The van der Waals surface area contributed by atoms with Gasteiger partial charge >= 0.3 is 0 Å². The summed E-state index contributed by atoms with van der Waals surface area (Å²) in [5, 5.41) is 5.82. The number of aryl methyl sites for hydroxylation is 1. The van der Waals surface area contributed by atoms with Gasteiger partial charge in [0.25, 0.3) is 0 Å². The molecule has 226 valence electrons. The van der Waals surface area contributed by atoms with E-state index in [2.05, 4.69) is 15.6 Å². The van der Waals surface area contributed by atoms with Crippen LogP contribution in [0.3, 0.4) is 0 Å². The van der Waals surface area contributed by atoms with E-state index < -0.39 is 12.1 Å². The van der Waals surface area contributed by atoms with Gasteiger partial charge < -0.3 is 31.9 Å². The smallest absolute Gasteiger partial charge is 0.245 e. The van der Waals surface area contributed by atoms with Crippen molar-refractivity contribution in [3.8, 4) is 0 Å². The van der Waals surface area contributed by atoms with E-state index in [1.807, 2.05) is 31.2 Å². The monoisotopic (exact) mass is 569 g/mol. The van der Waals surface area contributed by atoms with Crippen LogP contribution in [0.4, 0.5) is 0 Å². The third-order valence-electron chi connectivity index (χ3n) is 8.08. The Hall–Kier alpha value is -3.63. The van der Waals surface area contributed by atoms with E-state index in [1.54, 1.807) is 7.05 Å². The quantitative estimate of drug-likeness (QED) is 0.188. The average Bonchev–Trinajstić information content (AvgIpc) is 2.91. The highest BCUT2D eigenvalue weighted by Gasteiger charge is 2.34. The number of hydrogen-bond donors (Lipinski definition) is 4. The van der Waals surface area contributed by atoms with Crippen molar-refractivity contribution in [1.82, 2.24) is 20.4 Å². The summed E-state index contributed by atoms with van der Waals surface area (Å²) in [6, 6.07) is 6.68. The van der Waals surface area contributed by atoms with E-state index >= 15 is 0 Å². The number of benzene rings is 1. The molecule has 0 radical (unpaired) electrons. The number of nitrogens with one attached hydrogen (secondary N) is 2. The molecule has 2 fully saturated rings. The van der Waals surface area contributed by atoms with Crippen LogP contribution in [-0.2, 0) is 25.6 Å². The van der Waals surface area contributed by atoms with Crippen LogP contribution in [0, 0.1) is 12.8 Å². The number of carbonyl (C=O) groups excluding carboxylic acids is 4. The Morgan fingerprint density at radius 2 is 1.78 bits per heavy atom. The average molecular weight is 570 g/mol. The standard InChI is InChI=1S/C30H47N7O4/c1-21-11-13-22(14-12-21)15-18-37-20-27(39)36(2)25(19-23-7-5-8-23)28(40)33-17-6-10-26(38)35-24(29(37)41)9-3-4-16-34-30(31)32/h11-14,23-25H,3-10,15-20H2,1-2H3,(H,33,40)(H,35,38)(H4,31,32,34)/t24-,25+/m0/s1. The fourth-order valence-electron chi connectivity index (χ4n) is 5.21. The molecule has 4 amide bonds. The van der Waals surface area contributed by atoms with Crippen LogP contribution in [0.1, 0.15) is 68.9 Å². The first-order chi connectivity index (χ1) is 19.6. The van der Waals surface area contributed by atoms with Crippen molar-refractivity contribution in [2.75, 3.05) is 33.2 Å². The van der Waals surface area contributed by atoms with Crippen LogP contribution in [0.5, 0.6) is 0 Å². The summed E-state index contributed by atoms with van der Waals surface area (Å²) >= 11 is 0. The highest BCUT2D eigenvalue weighted by atomic mass is 16.2. The van der Waals surface area contributed by atoms with E-state index in [-0.39, 0.29) is 42.6 Å². The molecule has 11 heteroatoms. The Balaban J connectivity index is 1.82. The molecule has 11 nitrogen and oxygen atoms in total. The van der Waals surface area contributed by atoms with Crippen LogP contribution in [0.15, 0.2) is 29.3 Å². The number of aliphatic imine (C=N–C) groups is 1. The molecule has 3 rings (SSSR count). The van der Waals surface area contributed by atoms with Crippen molar-refractivity contribution in [3.63, 3.8) is 0 Å². The molecule has 1 aliphatic heterocycles. The molecule has 0 aromatic heterocycles. The van der Waals surface area contributed by atoms with E-state index in [1.165, 1.54) is 9.80 Å². The molecule has 0 unspecified atom stereocenters. The number of unbranched alkanes of at least 4 members (excludes halogenated alkanes) is 1. The summed E-state index contributed by atoms with van der Waals surface area (Å²) < 4.78 is 0. The maximum atomic E-state index is 13.9. The Kier molecular flexibility index (Phi) is 12.4. The van der Waals surface area contributed by atoms with Gasteiger partial charge in [0.15, 0.2) is 5.96 Å². The summed E-state index contributed by atoms with van der Waals surface area (Å²) in [5.74, 6) is -0.635. The Bertz CT molecular complexity index is 1070. The lowest BCUT2D eigenvalue weighted by Gasteiger charge is -2.35. The highest BCUT2D eigenvalue weighted by Crippen LogP contribution is 2.31. The molecule has 41 heavy (non-hydrogen) atoms. The lowest BCUT2D eigenvalue weighted by Crippen LogP contribution is -2.55. The minimum Gasteiger partial charge on any atom is -0.370 e. The van der Waals surface area contributed by atoms with Gasteiger partial charge in [-0.2, -0.15) is 0 Å². The molecule has 0 spiro atoms. The fraction of sp³-hybridized carbons (Fsp3) is 0.633. The zero-order valence-electron chi connectivity index (χ0n) is 24.6. The molecule has 1 aromatic rings. The molecule has 1 saturated heterocycles. The second-order valence-corrected chi connectivity index (χ2v) is 11.4. The highest BCUT2D eigenvalue weighted by molar-refractivity contribution is 5.92. The second kappa shape index (κ2) is 16.0. The summed E-state index contributed by atoms with van der Waals surface area (Å²) in [6.45, 7) is 2.91. The first kappa shape index (κ1) is 31.9. The van der Waals surface area contributed by atoms with Gasteiger partial charge in [-0.05, 0) is 56.9 Å². The SMILES string of the molecule is Cc1ccc(CCN2CC(=O)N(C)[C@H](CC3CCC3)C(=O)NCCCC(=O)N[C@@H](CCCCN=C(N)N)C2=O)cc1. The number of carbonyl (C=O) groups is 4. The molecule has 2 atom stereocenters. The van der Waals surface area contributed by atoms with Crippen molar-refractivity contribution in [2.24, 2.45) is 22.4 Å². The number of hydrogen-bond acceptors (Lipinski definition) is 5. The third kappa shape index (κ3) is 10.4. The molecule has 0 bridgehead atoms. The number of likely N-dealkylation sites (N-methyl/N-ethyl adjacent to an activating group) is 1. The first-order valence-corrected chi connectivity index (χ1v) is 14.9. The molecule has 1 heterocycles. The van der Waals surface area contributed by atoms with E-state index in [0.29, 0.717) is 64.1 Å². The maximum Gasteiger partial charge on any atom is 0.245 e. The largest absolute Gasteiger partial charge is 0.370 e. The van der Waals surface area contributed by atoms with Crippen molar-refractivity contribution in [3.05, 3.63) is 35.4 Å². The second-order valence-electron chi connectivity index (χ2n) is 11.4. The van der Waals surface area contributed by atoms with Crippen LogP contribution < -0.4 is 22.1 Å². The van der Waals surface area contributed by atoms with Crippen molar-refractivity contribution in [1.29, 1.82) is 0 Å². The number of nitrogens with zero attached hydrogens (tertiary/aromatic N) is 3. The van der Waals surface area contributed by atoms with Gasteiger partial charge in [0.1, 0.15) is 12.1 Å². The third-order valence-corrected chi connectivity index (χ3v) is 8.08. The molecular weight excluding hydrogens is 522 g/mol.